The predicted molar refractivity (Wildman–Crippen MR) is 87.2 cm³/mol. The first-order valence-corrected chi connectivity index (χ1v) is 7.90. The van der Waals surface area contributed by atoms with E-state index in [1.54, 1.807) is 12.3 Å². The zero-order valence-corrected chi connectivity index (χ0v) is 14.3. The lowest BCUT2D eigenvalue weighted by Gasteiger charge is -2.40. The van der Waals surface area contributed by atoms with Crippen LogP contribution in [0.5, 0.6) is 0 Å². The standard InChI is InChI=1S/C16H26N4O3/c1-15(2,3)23-14(22)19-16(4)6-9-20(10-7-16)13-17-8-5-12(11-21)18-13/h5,8,21H,6-7,9-11H2,1-4H3,(H,19,22). The number of hydrogen-bond donors (Lipinski definition) is 2. The number of ether oxygens (including phenoxy) is 1. The van der Waals surface area contributed by atoms with Crippen LogP contribution in [-0.4, -0.2) is 45.4 Å². The van der Waals surface area contributed by atoms with Crippen molar-refractivity contribution in [3.05, 3.63) is 18.0 Å². The van der Waals surface area contributed by atoms with Crippen molar-refractivity contribution < 1.29 is 14.6 Å². The van der Waals surface area contributed by atoms with Gasteiger partial charge in [0.25, 0.3) is 0 Å². The van der Waals surface area contributed by atoms with Crippen LogP contribution in [-0.2, 0) is 11.3 Å². The van der Waals surface area contributed by atoms with Crippen LogP contribution in [0.3, 0.4) is 0 Å². The summed E-state index contributed by atoms with van der Waals surface area (Å²) in [5.41, 5.74) is -0.192. The molecule has 0 saturated carbocycles. The fourth-order valence-electron chi connectivity index (χ4n) is 2.50. The maximum atomic E-state index is 12.0. The lowest BCUT2D eigenvalue weighted by atomic mass is 9.90. The van der Waals surface area contributed by atoms with Gasteiger partial charge in [-0.25, -0.2) is 14.8 Å². The average Bonchev–Trinajstić information content (AvgIpc) is 2.45. The minimum Gasteiger partial charge on any atom is -0.444 e. The second-order valence-electron chi connectivity index (χ2n) is 7.18. The van der Waals surface area contributed by atoms with Gasteiger partial charge in [-0.3, -0.25) is 0 Å². The maximum Gasteiger partial charge on any atom is 0.408 e. The van der Waals surface area contributed by atoms with Crippen LogP contribution in [0.1, 0.15) is 46.2 Å². The van der Waals surface area contributed by atoms with Gasteiger partial charge in [-0.05, 0) is 46.6 Å². The molecule has 1 aliphatic rings. The van der Waals surface area contributed by atoms with E-state index in [1.807, 2.05) is 27.7 Å². The molecule has 0 aromatic carbocycles. The van der Waals surface area contributed by atoms with Crippen molar-refractivity contribution in [2.24, 2.45) is 0 Å². The molecule has 2 rings (SSSR count). The molecule has 23 heavy (non-hydrogen) atoms. The molecule has 7 heteroatoms. The Bertz CT molecular complexity index is 549. The minimum atomic E-state index is -0.500. The largest absolute Gasteiger partial charge is 0.444 e. The Labute approximate surface area is 137 Å². The second kappa shape index (κ2) is 6.70. The van der Waals surface area contributed by atoms with E-state index in [9.17, 15) is 4.79 Å². The Morgan fingerprint density at radius 3 is 2.65 bits per heavy atom. The molecule has 1 saturated heterocycles. The molecule has 0 spiro atoms. The summed E-state index contributed by atoms with van der Waals surface area (Å²) >= 11 is 0. The molecule has 128 valence electrons. The van der Waals surface area contributed by atoms with Gasteiger partial charge in [-0.15, -0.1) is 0 Å². The van der Waals surface area contributed by atoms with E-state index in [4.69, 9.17) is 9.84 Å². The van der Waals surface area contributed by atoms with Crippen molar-refractivity contribution in [1.82, 2.24) is 15.3 Å². The summed E-state index contributed by atoms with van der Waals surface area (Å²) in [7, 11) is 0. The molecule has 1 aromatic rings. The molecule has 2 heterocycles. The zero-order valence-electron chi connectivity index (χ0n) is 14.3. The molecule has 7 nitrogen and oxygen atoms in total. The molecular formula is C16H26N4O3. The van der Waals surface area contributed by atoms with E-state index in [-0.39, 0.29) is 18.2 Å². The molecule has 1 amide bonds. The van der Waals surface area contributed by atoms with Crippen LogP contribution in [0.25, 0.3) is 0 Å². The summed E-state index contributed by atoms with van der Waals surface area (Å²) in [6.07, 6.45) is 2.82. The van der Waals surface area contributed by atoms with Gasteiger partial charge in [-0.1, -0.05) is 0 Å². The van der Waals surface area contributed by atoms with E-state index in [1.165, 1.54) is 0 Å². The van der Waals surface area contributed by atoms with Gasteiger partial charge in [0.05, 0.1) is 12.3 Å². The first kappa shape index (κ1) is 17.5. The summed E-state index contributed by atoms with van der Waals surface area (Å²) in [6.45, 7) is 8.96. The molecule has 1 fully saturated rings. The lowest BCUT2D eigenvalue weighted by Crippen LogP contribution is -2.54. The summed E-state index contributed by atoms with van der Waals surface area (Å²) in [5.74, 6) is 0.621. The number of anilines is 1. The molecular weight excluding hydrogens is 296 g/mol. The van der Waals surface area contributed by atoms with Crippen molar-refractivity contribution in [3.63, 3.8) is 0 Å². The third-order valence-corrected chi connectivity index (χ3v) is 3.82. The van der Waals surface area contributed by atoms with E-state index >= 15 is 0 Å². The Morgan fingerprint density at radius 1 is 1.43 bits per heavy atom. The number of hydrogen-bond acceptors (Lipinski definition) is 6. The number of aromatic nitrogens is 2. The Hall–Kier alpha value is -1.89. The molecule has 0 unspecified atom stereocenters. The van der Waals surface area contributed by atoms with Crippen LogP contribution in [0, 0.1) is 0 Å². The molecule has 0 bridgehead atoms. The van der Waals surface area contributed by atoms with Crippen molar-refractivity contribution in [2.75, 3.05) is 18.0 Å². The Morgan fingerprint density at radius 2 is 2.09 bits per heavy atom. The number of rotatable bonds is 3. The van der Waals surface area contributed by atoms with Crippen LogP contribution < -0.4 is 10.2 Å². The number of alkyl carbamates (subject to hydrolysis) is 1. The number of aliphatic hydroxyl groups excluding tert-OH is 1. The smallest absolute Gasteiger partial charge is 0.408 e. The number of aliphatic hydroxyl groups is 1. The molecule has 0 aliphatic carbocycles. The zero-order chi connectivity index (χ0) is 17.1. The quantitative estimate of drug-likeness (QED) is 0.883. The van der Waals surface area contributed by atoms with Gasteiger partial charge in [0, 0.05) is 24.8 Å². The van der Waals surface area contributed by atoms with E-state index in [0.717, 1.165) is 25.9 Å². The summed E-state index contributed by atoms with van der Waals surface area (Å²) in [5, 5.41) is 12.1. The van der Waals surface area contributed by atoms with Gasteiger partial charge in [-0.2, -0.15) is 0 Å². The van der Waals surface area contributed by atoms with Gasteiger partial charge < -0.3 is 20.1 Å². The number of carbonyl (C=O) groups excluding carboxylic acids is 1. The van der Waals surface area contributed by atoms with Crippen molar-refractivity contribution in [2.45, 2.75) is 58.3 Å². The Kier molecular flexibility index (Phi) is 5.09. The molecule has 0 radical (unpaired) electrons. The third kappa shape index (κ3) is 5.06. The van der Waals surface area contributed by atoms with Gasteiger partial charge >= 0.3 is 6.09 Å². The number of amides is 1. The highest BCUT2D eigenvalue weighted by atomic mass is 16.6. The SMILES string of the molecule is CC1(NC(=O)OC(C)(C)C)CCN(c2nccc(CO)n2)CC1. The fourth-order valence-corrected chi connectivity index (χ4v) is 2.50. The monoisotopic (exact) mass is 322 g/mol. The first-order chi connectivity index (χ1) is 10.7. The summed E-state index contributed by atoms with van der Waals surface area (Å²) in [4.78, 5) is 22.6. The first-order valence-electron chi connectivity index (χ1n) is 7.90. The molecule has 0 atom stereocenters. The maximum absolute atomic E-state index is 12.0. The predicted octanol–water partition coefficient (Wildman–Crippen LogP) is 1.85. The van der Waals surface area contributed by atoms with Crippen molar-refractivity contribution in [3.8, 4) is 0 Å². The third-order valence-electron chi connectivity index (χ3n) is 3.82. The second-order valence-corrected chi connectivity index (χ2v) is 7.18. The number of piperidine rings is 1. The van der Waals surface area contributed by atoms with E-state index < -0.39 is 5.60 Å². The molecule has 1 aromatic heterocycles. The lowest BCUT2D eigenvalue weighted by molar-refractivity contribution is 0.0448. The van der Waals surface area contributed by atoms with E-state index in [2.05, 4.69) is 20.2 Å². The Balaban J connectivity index is 1.93. The minimum absolute atomic E-state index is 0.0960. The van der Waals surface area contributed by atoms with Crippen LogP contribution >= 0.6 is 0 Å². The normalized spacial score (nSPS) is 17.7. The van der Waals surface area contributed by atoms with Crippen LogP contribution in [0.4, 0.5) is 10.7 Å². The van der Waals surface area contributed by atoms with E-state index in [0.29, 0.717) is 11.6 Å². The van der Waals surface area contributed by atoms with Crippen LogP contribution in [0.2, 0.25) is 0 Å². The molecule has 2 N–H and O–H groups in total. The topological polar surface area (TPSA) is 87.6 Å². The number of nitrogens with zero attached hydrogens (tertiary/aromatic N) is 3. The molecule has 1 aliphatic heterocycles. The highest BCUT2D eigenvalue weighted by Crippen LogP contribution is 2.24. The summed E-state index contributed by atoms with van der Waals surface area (Å²) < 4.78 is 5.33. The number of carbonyl (C=O) groups is 1. The average molecular weight is 322 g/mol. The highest BCUT2D eigenvalue weighted by molar-refractivity contribution is 5.68. The fraction of sp³-hybridized carbons (Fsp3) is 0.688. The van der Waals surface area contributed by atoms with Crippen molar-refractivity contribution >= 4 is 12.0 Å². The summed E-state index contributed by atoms with van der Waals surface area (Å²) in [6, 6.07) is 1.70. The highest BCUT2D eigenvalue weighted by Gasteiger charge is 2.33. The van der Waals surface area contributed by atoms with Crippen molar-refractivity contribution in [1.29, 1.82) is 0 Å². The number of nitrogens with one attached hydrogen (secondary N) is 1. The van der Waals surface area contributed by atoms with Crippen LogP contribution in [0.15, 0.2) is 12.3 Å². The van der Waals surface area contributed by atoms with Gasteiger partial charge in [0.15, 0.2) is 0 Å². The van der Waals surface area contributed by atoms with Gasteiger partial charge in [0.1, 0.15) is 5.60 Å². The van der Waals surface area contributed by atoms with Gasteiger partial charge in [0.2, 0.25) is 5.95 Å².